The smallest absolute Gasteiger partial charge is 0.283 e. The summed E-state index contributed by atoms with van der Waals surface area (Å²) in [5.41, 5.74) is 3.99. The molecule has 1 atom stereocenters. The molecule has 1 radical (unpaired) electrons. The molecule has 1 aliphatic rings. The van der Waals surface area contributed by atoms with Crippen LogP contribution < -0.4 is 10.4 Å². The monoisotopic (exact) mass is 369 g/mol. The van der Waals surface area contributed by atoms with Crippen molar-refractivity contribution in [3.63, 3.8) is 0 Å². The van der Waals surface area contributed by atoms with Gasteiger partial charge in [-0.2, -0.15) is 0 Å². The van der Waals surface area contributed by atoms with E-state index in [0.29, 0.717) is 0 Å². The Morgan fingerprint density at radius 1 is 0.704 bits per heavy atom. The molecule has 0 amide bonds. The van der Waals surface area contributed by atoms with Crippen molar-refractivity contribution in [1.82, 2.24) is 0 Å². The Morgan fingerprint density at radius 3 is 1.78 bits per heavy atom. The zero-order valence-electron chi connectivity index (χ0n) is 16.1. The molecular weight excluding hydrogens is 344 g/mol. The van der Waals surface area contributed by atoms with E-state index in [-0.39, 0.29) is 11.5 Å². The molecule has 0 spiro atoms. The summed E-state index contributed by atoms with van der Waals surface area (Å²) in [5, 5.41) is 2.57. The lowest BCUT2D eigenvalue weighted by atomic mass is 9.84. The lowest BCUT2D eigenvalue weighted by Gasteiger charge is -2.30. The number of rotatable bonds is 4. The molecule has 27 heavy (non-hydrogen) atoms. The molecule has 0 aliphatic heterocycles. The Bertz CT molecular complexity index is 899. The fourth-order valence-corrected chi connectivity index (χ4v) is 5.71. The SMILES string of the molecule is CC(C)(C)C1=Cc2ccccc2C1O[Si](c1ccccc1)c1ccccc1. The van der Waals surface area contributed by atoms with Crippen LogP contribution in [0.5, 0.6) is 0 Å². The minimum absolute atomic E-state index is 0.00972. The van der Waals surface area contributed by atoms with Gasteiger partial charge in [-0.05, 0) is 32.5 Å². The van der Waals surface area contributed by atoms with E-state index in [2.05, 4.69) is 112 Å². The Kier molecular flexibility index (Phi) is 4.86. The molecule has 1 nitrogen and oxygen atoms in total. The van der Waals surface area contributed by atoms with Gasteiger partial charge in [0.05, 0.1) is 6.10 Å². The third kappa shape index (κ3) is 3.69. The van der Waals surface area contributed by atoms with Crippen LogP contribution in [0.4, 0.5) is 0 Å². The third-order valence-electron chi connectivity index (χ3n) is 5.05. The first-order valence-corrected chi connectivity index (χ1v) is 10.9. The van der Waals surface area contributed by atoms with Gasteiger partial charge in [-0.3, -0.25) is 0 Å². The molecule has 1 aliphatic carbocycles. The zero-order valence-corrected chi connectivity index (χ0v) is 17.1. The van der Waals surface area contributed by atoms with E-state index < -0.39 is 9.04 Å². The predicted molar refractivity (Wildman–Crippen MR) is 116 cm³/mol. The second-order valence-corrected chi connectivity index (χ2v) is 10.1. The summed E-state index contributed by atoms with van der Waals surface area (Å²) in [7, 11) is -1.36. The molecule has 4 rings (SSSR count). The van der Waals surface area contributed by atoms with Crippen molar-refractivity contribution >= 4 is 25.5 Å². The van der Waals surface area contributed by atoms with Crippen LogP contribution in [0, 0.1) is 5.41 Å². The highest BCUT2D eigenvalue weighted by atomic mass is 28.3. The quantitative estimate of drug-likeness (QED) is 0.589. The average Bonchev–Trinajstić information content (AvgIpc) is 3.06. The van der Waals surface area contributed by atoms with Crippen LogP contribution in [0.1, 0.15) is 38.0 Å². The van der Waals surface area contributed by atoms with Crippen molar-refractivity contribution in [1.29, 1.82) is 0 Å². The first-order chi connectivity index (χ1) is 13.0. The summed E-state index contributed by atoms with van der Waals surface area (Å²) in [6.45, 7) is 6.83. The van der Waals surface area contributed by atoms with Crippen molar-refractivity contribution in [2.75, 3.05) is 0 Å². The van der Waals surface area contributed by atoms with Crippen molar-refractivity contribution in [2.24, 2.45) is 5.41 Å². The summed E-state index contributed by atoms with van der Waals surface area (Å²) in [5.74, 6) is 0. The van der Waals surface area contributed by atoms with Gasteiger partial charge >= 0.3 is 0 Å². The fraction of sp³-hybridized carbons (Fsp3) is 0.200. The Labute approximate surface area is 164 Å². The number of fused-ring (bicyclic) bond motifs is 1. The van der Waals surface area contributed by atoms with E-state index >= 15 is 0 Å². The van der Waals surface area contributed by atoms with Gasteiger partial charge < -0.3 is 4.43 Å². The molecule has 0 N–H and O–H groups in total. The largest absolute Gasteiger partial charge is 0.396 e. The Balaban J connectivity index is 1.77. The lowest BCUT2D eigenvalue weighted by molar-refractivity contribution is 0.227. The second kappa shape index (κ2) is 7.30. The van der Waals surface area contributed by atoms with Crippen LogP contribution in [0.25, 0.3) is 6.08 Å². The van der Waals surface area contributed by atoms with Crippen LogP contribution in [0.3, 0.4) is 0 Å². The van der Waals surface area contributed by atoms with Gasteiger partial charge in [0.25, 0.3) is 9.04 Å². The highest BCUT2D eigenvalue weighted by Crippen LogP contribution is 2.45. The van der Waals surface area contributed by atoms with Crippen LogP contribution in [0.15, 0.2) is 90.5 Å². The molecule has 3 aromatic carbocycles. The van der Waals surface area contributed by atoms with Gasteiger partial charge in [-0.1, -0.05) is 112 Å². The van der Waals surface area contributed by atoms with Crippen LogP contribution >= 0.6 is 0 Å². The maximum Gasteiger partial charge on any atom is 0.283 e. The number of hydrogen-bond donors (Lipinski definition) is 0. The summed E-state index contributed by atoms with van der Waals surface area (Å²) < 4.78 is 6.98. The first-order valence-electron chi connectivity index (χ1n) is 9.49. The van der Waals surface area contributed by atoms with E-state index in [1.807, 2.05) is 0 Å². The molecule has 3 aromatic rings. The zero-order chi connectivity index (χ0) is 18.9. The van der Waals surface area contributed by atoms with Gasteiger partial charge in [0, 0.05) is 0 Å². The van der Waals surface area contributed by atoms with Gasteiger partial charge in [0.15, 0.2) is 0 Å². The molecule has 0 bridgehead atoms. The predicted octanol–water partition coefficient (Wildman–Crippen LogP) is 4.99. The van der Waals surface area contributed by atoms with E-state index in [0.717, 1.165) is 0 Å². The van der Waals surface area contributed by atoms with E-state index in [4.69, 9.17) is 4.43 Å². The summed E-state index contributed by atoms with van der Waals surface area (Å²) >= 11 is 0. The number of hydrogen-bond acceptors (Lipinski definition) is 1. The molecule has 0 saturated heterocycles. The maximum absolute atomic E-state index is 6.98. The van der Waals surface area contributed by atoms with Gasteiger partial charge in [0.2, 0.25) is 0 Å². The fourth-order valence-electron chi connectivity index (χ4n) is 3.63. The van der Waals surface area contributed by atoms with Crippen molar-refractivity contribution < 1.29 is 4.43 Å². The molecular formula is C25H25OSi. The Morgan fingerprint density at radius 2 is 1.22 bits per heavy atom. The van der Waals surface area contributed by atoms with Crippen molar-refractivity contribution in [3.05, 3.63) is 102 Å². The van der Waals surface area contributed by atoms with Gasteiger partial charge in [-0.15, -0.1) is 0 Å². The summed E-state index contributed by atoms with van der Waals surface area (Å²) in [6.07, 6.45) is 2.34. The molecule has 0 heterocycles. The van der Waals surface area contributed by atoms with E-state index in [1.165, 1.54) is 27.1 Å². The van der Waals surface area contributed by atoms with Crippen molar-refractivity contribution in [3.8, 4) is 0 Å². The average molecular weight is 370 g/mol. The van der Waals surface area contributed by atoms with Crippen molar-refractivity contribution in [2.45, 2.75) is 26.9 Å². The van der Waals surface area contributed by atoms with Gasteiger partial charge in [0.1, 0.15) is 0 Å². The lowest BCUT2D eigenvalue weighted by Crippen LogP contribution is -2.46. The second-order valence-electron chi connectivity index (χ2n) is 8.04. The highest BCUT2D eigenvalue weighted by molar-refractivity contribution is 6.80. The first kappa shape index (κ1) is 18.0. The highest BCUT2D eigenvalue weighted by Gasteiger charge is 2.35. The van der Waals surface area contributed by atoms with E-state index in [1.54, 1.807) is 0 Å². The number of benzene rings is 3. The summed E-state index contributed by atoms with van der Waals surface area (Å²) in [4.78, 5) is 0. The van der Waals surface area contributed by atoms with Crippen LogP contribution in [0.2, 0.25) is 0 Å². The topological polar surface area (TPSA) is 9.23 Å². The molecule has 0 fully saturated rings. The molecule has 0 saturated carbocycles. The normalized spacial score (nSPS) is 16.3. The minimum Gasteiger partial charge on any atom is -0.396 e. The summed E-state index contributed by atoms with van der Waals surface area (Å²) in [6, 6.07) is 30.0. The Hall–Kier alpha value is -2.42. The molecule has 135 valence electrons. The van der Waals surface area contributed by atoms with E-state index in [9.17, 15) is 0 Å². The standard InChI is InChI=1S/C25H25OSi/c1-25(2,3)23-18-19-12-10-11-17-22(19)24(23)26-27(20-13-6-4-7-14-20)21-15-8-5-9-16-21/h4-18,24H,1-3H3. The van der Waals surface area contributed by atoms with Gasteiger partial charge in [-0.25, -0.2) is 0 Å². The van der Waals surface area contributed by atoms with Crippen LogP contribution in [-0.4, -0.2) is 9.04 Å². The molecule has 0 aromatic heterocycles. The van der Waals surface area contributed by atoms with Crippen LogP contribution in [-0.2, 0) is 4.43 Å². The minimum atomic E-state index is -1.36. The maximum atomic E-state index is 6.98. The third-order valence-corrected chi connectivity index (χ3v) is 7.23. The molecule has 2 heteroatoms. The molecule has 1 unspecified atom stereocenters.